The Hall–Kier alpha value is -2.29. The fraction of sp³-hybridized carbons (Fsp3) is 0.409. The average molecular weight is 340 g/mol. The predicted molar refractivity (Wildman–Crippen MR) is 102 cm³/mol. The number of hydrogen-bond donors (Lipinski definition) is 0. The molecule has 2 rings (SSSR count). The van der Waals surface area contributed by atoms with Crippen LogP contribution < -0.4 is 4.74 Å². The third-order valence-corrected chi connectivity index (χ3v) is 4.18. The molecule has 0 aliphatic rings. The molecule has 1 unspecified atom stereocenters. The van der Waals surface area contributed by atoms with Gasteiger partial charge in [0.25, 0.3) is 0 Å². The Morgan fingerprint density at radius 3 is 2.08 bits per heavy atom. The van der Waals surface area contributed by atoms with Crippen LogP contribution in [0.15, 0.2) is 48.5 Å². The number of rotatable bonds is 9. The van der Waals surface area contributed by atoms with Gasteiger partial charge in [0, 0.05) is 6.92 Å². The molecule has 0 saturated carbocycles. The summed E-state index contributed by atoms with van der Waals surface area (Å²) in [6.07, 6.45) is 4.63. The first kappa shape index (κ1) is 19.0. The number of unbranched alkanes of at least 4 members (excludes halogenated alkanes) is 3. The molecule has 134 valence electrons. The highest BCUT2D eigenvalue weighted by Crippen LogP contribution is 2.25. The highest BCUT2D eigenvalue weighted by Gasteiger charge is 2.08. The van der Waals surface area contributed by atoms with Crippen LogP contribution in [0.5, 0.6) is 5.75 Å². The summed E-state index contributed by atoms with van der Waals surface area (Å²) in [4.78, 5) is 11.0. The number of hydrogen-bond acceptors (Lipinski definition) is 3. The Labute approximate surface area is 151 Å². The zero-order chi connectivity index (χ0) is 18.1. The van der Waals surface area contributed by atoms with E-state index in [4.69, 9.17) is 9.47 Å². The fourth-order valence-electron chi connectivity index (χ4n) is 2.73. The van der Waals surface area contributed by atoms with Crippen LogP contribution >= 0.6 is 0 Å². The van der Waals surface area contributed by atoms with Crippen molar-refractivity contribution in [2.75, 3.05) is 6.61 Å². The van der Waals surface area contributed by atoms with Crippen molar-refractivity contribution in [3.63, 3.8) is 0 Å². The second-order valence-corrected chi connectivity index (χ2v) is 6.31. The summed E-state index contributed by atoms with van der Waals surface area (Å²) in [5, 5.41) is 0. The molecule has 0 aromatic heterocycles. The van der Waals surface area contributed by atoms with E-state index >= 15 is 0 Å². The van der Waals surface area contributed by atoms with E-state index in [1.54, 1.807) is 0 Å². The van der Waals surface area contributed by atoms with Crippen LogP contribution in [0, 0.1) is 0 Å². The summed E-state index contributed by atoms with van der Waals surface area (Å²) in [6, 6.07) is 16.3. The molecule has 0 radical (unpaired) electrons. The van der Waals surface area contributed by atoms with Gasteiger partial charge < -0.3 is 9.47 Å². The highest BCUT2D eigenvalue weighted by molar-refractivity contribution is 5.67. The summed E-state index contributed by atoms with van der Waals surface area (Å²) in [7, 11) is 0. The standard InChI is InChI=1S/C22H28O3/c1-4-5-6-7-16-24-22-14-12-21(13-15-22)20-10-8-19(9-11-20)17(2)25-18(3)23/h8-15,17H,4-7,16H2,1-3H3. The molecule has 0 fully saturated rings. The van der Waals surface area contributed by atoms with E-state index < -0.39 is 0 Å². The second-order valence-electron chi connectivity index (χ2n) is 6.31. The smallest absolute Gasteiger partial charge is 0.303 e. The lowest BCUT2D eigenvalue weighted by atomic mass is 10.0. The second kappa shape index (κ2) is 9.87. The number of esters is 1. The molecule has 2 aromatic carbocycles. The van der Waals surface area contributed by atoms with E-state index in [9.17, 15) is 4.79 Å². The zero-order valence-electron chi connectivity index (χ0n) is 15.5. The van der Waals surface area contributed by atoms with Crippen LogP contribution in [0.1, 0.15) is 58.1 Å². The third-order valence-electron chi connectivity index (χ3n) is 4.18. The molecule has 2 aromatic rings. The first-order valence-corrected chi connectivity index (χ1v) is 9.10. The van der Waals surface area contributed by atoms with Crippen molar-refractivity contribution in [2.45, 2.75) is 52.6 Å². The van der Waals surface area contributed by atoms with E-state index in [0.717, 1.165) is 35.5 Å². The lowest BCUT2D eigenvalue weighted by Crippen LogP contribution is -2.04. The van der Waals surface area contributed by atoms with Crippen LogP contribution in [0.4, 0.5) is 0 Å². The summed E-state index contributed by atoms with van der Waals surface area (Å²) in [6.45, 7) is 6.30. The van der Waals surface area contributed by atoms with E-state index in [-0.39, 0.29) is 12.1 Å². The Morgan fingerprint density at radius 2 is 1.52 bits per heavy atom. The van der Waals surface area contributed by atoms with Gasteiger partial charge in [-0.2, -0.15) is 0 Å². The van der Waals surface area contributed by atoms with Gasteiger partial charge in [-0.25, -0.2) is 0 Å². The van der Waals surface area contributed by atoms with E-state index in [0.29, 0.717) is 0 Å². The molecule has 25 heavy (non-hydrogen) atoms. The minimum atomic E-state index is -0.262. The largest absolute Gasteiger partial charge is 0.494 e. The molecule has 0 heterocycles. The minimum absolute atomic E-state index is 0.227. The molecule has 0 amide bonds. The van der Waals surface area contributed by atoms with Gasteiger partial charge in [-0.1, -0.05) is 62.6 Å². The maximum absolute atomic E-state index is 11.0. The van der Waals surface area contributed by atoms with Crippen molar-refractivity contribution in [1.82, 2.24) is 0 Å². The van der Waals surface area contributed by atoms with Crippen LogP contribution in [0.2, 0.25) is 0 Å². The van der Waals surface area contributed by atoms with Gasteiger partial charge in [0.15, 0.2) is 0 Å². The average Bonchev–Trinajstić information content (AvgIpc) is 2.62. The molecule has 0 aliphatic carbocycles. The SMILES string of the molecule is CCCCCCOc1ccc(-c2ccc(C(C)OC(C)=O)cc2)cc1. The van der Waals surface area contributed by atoms with Gasteiger partial charge in [-0.05, 0) is 42.2 Å². The van der Waals surface area contributed by atoms with Crippen molar-refractivity contribution in [1.29, 1.82) is 0 Å². The summed E-state index contributed by atoms with van der Waals surface area (Å²) in [5.74, 6) is 0.655. The highest BCUT2D eigenvalue weighted by atomic mass is 16.5. The third kappa shape index (κ3) is 6.26. The van der Waals surface area contributed by atoms with Gasteiger partial charge in [-0.3, -0.25) is 4.79 Å². The number of carbonyl (C=O) groups is 1. The van der Waals surface area contributed by atoms with Gasteiger partial charge >= 0.3 is 5.97 Å². The maximum atomic E-state index is 11.0. The van der Waals surface area contributed by atoms with Crippen LogP contribution in [0.25, 0.3) is 11.1 Å². The predicted octanol–water partition coefficient (Wildman–Crippen LogP) is 5.94. The van der Waals surface area contributed by atoms with E-state index in [2.05, 4.69) is 31.2 Å². The van der Waals surface area contributed by atoms with Crippen molar-refractivity contribution in [3.8, 4) is 16.9 Å². The van der Waals surface area contributed by atoms with Gasteiger partial charge in [0.1, 0.15) is 11.9 Å². The lowest BCUT2D eigenvalue weighted by Gasteiger charge is -2.13. The van der Waals surface area contributed by atoms with E-state index in [1.165, 1.54) is 26.2 Å². The maximum Gasteiger partial charge on any atom is 0.303 e. The van der Waals surface area contributed by atoms with Crippen LogP contribution in [-0.4, -0.2) is 12.6 Å². The van der Waals surface area contributed by atoms with Crippen molar-refractivity contribution < 1.29 is 14.3 Å². The molecular formula is C22H28O3. The van der Waals surface area contributed by atoms with Gasteiger partial charge in [0.05, 0.1) is 6.61 Å². The van der Waals surface area contributed by atoms with Gasteiger partial charge in [-0.15, -0.1) is 0 Å². The molecule has 1 atom stereocenters. The molecule has 0 aliphatic heterocycles. The van der Waals surface area contributed by atoms with E-state index in [1.807, 2.05) is 31.2 Å². The normalized spacial score (nSPS) is 11.8. The Bertz CT molecular complexity index is 644. The summed E-state index contributed by atoms with van der Waals surface area (Å²) < 4.78 is 11.0. The zero-order valence-corrected chi connectivity index (χ0v) is 15.5. The van der Waals surface area contributed by atoms with Crippen molar-refractivity contribution >= 4 is 5.97 Å². The molecule has 0 spiro atoms. The summed E-state index contributed by atoms with van der Waals surface area (Å²) in [5.41, 5.74) is 3.27. The van der Waals surface area contributed by atoms with Crippen LogP contribution in [-0.2, 0) is 9.53 Å². The molecule has 3 heteroatoms. The van der Waals surface area contributed by atoms with Crippen LogP contribution in [0.3, 0.4) is 0 Å². The fourth-order valence-corrected chi connectivity index (χ4v) is 2.73. The Morgan fingerprint density at radius 1 is 0.920 bits per heavy atom. The number of carbonyl (C=O) groups excluding carboxylic acids is 1. The quantitative estimate of drug-likeness (QED) is 0.419. The summed E-state index contributed by atoms with van der Waals surface area (Å²) >= 11 is 0. The minimum Gasteiger partial charge on any atom is -0.494 e. The molecule has 3 nitrogen and oxygen atoms in total. The monoisotopic (exact) mass is 340 g/mol. The topological polar surface area (TPSA) is 35.5 Å². The first-order valence-electron chi connectivity index (χ1n) is 9.10. The molecule has 0 saturated heterocycles. The molecular weight excluding hydrogens is 312 g/mol. The Balaban J connectivity index is 1.92. The first-order chi connectivity index (χ1) is 12.1. The number of benzene rings is 2. The Kier molecular flexibility index (Phi) is 7.52. The number of ether oxygens (including phenoxy) is 2. The lowest BCUT2D eigenvalue weighted by molar-refractivity contribution is -0.145. The molecule has 0 bridgehead atoms. The molecule has 0 N–H and O–H groups in total. The van der Waals surface area contributed by atoms with Gasteiger partial charge in [0.2, 0.25) is 0 Å². The van der Waals surface area contributed by atoms with Crippen molar-refractivity contribution in [3.05, 3.63) is 54.1 Å². The van der Waals surface area contributed by atoms with Crippen molar-refractivity contribution in [2.24, 2.45) is 0 Å².